The average molecular weight is 571 g/mol. The molecule has 0 aliphatic carbocycles. The summed E-state index contributed by atoms with van der Waals surface area (Å²) in [5, 5.41) is 3.57. The van der Waals surface area contributed by atoms with Gasteiger partial charge in [-0.25, -0.2) is 14.5 Å². The Balaban J connectivity index is 1.68. The SMILES string of the molecule is CCOCc1nc2c(N)nc3ccccc3c2n1C[C@@H](C)O[P@](=O)(N[C@@H](C)C(=O)OC(C)C)Oc1ccncc1. The molecule has 0 unspecified atom stereocenters. The van der Waals surface area contributed by atoms with E-state index < -0.39 is 25.9 Å². The molecular formula is C27H35N6O6P. The Morgan fingerprint density at radius 1 is 1.10 bits per heavy atom. The van der Waals surface area contributed by atoms with E-state index in [1.165, 1.54) is 19.3 Å². The first-order valence-corrected chi connectivity index (χ1v) is 14.6. The van der Waals surface area contributed by atoms with Crippen LogP contribution in [0.5, 0.6) is 5.75 Å². The van der Waals surface area contributed by atoms with Gasteiger partial charge < -0.3 is 24.3 Å². The second-order valence-corrected chi connectivity index (χ2v) is 11.2. The molecule has 0 aliphatic heterocycles. The van der Waals surface area contributed by atoms with Crippen molar-refractivity contribution in [2.75, 3.05) is 12.3 Å². The van der Waals surface area contributed by atoms with Gasteiger partial charge in [0.1, 0.15) is 29.7 Å². The van der Waals surface area contributed by atoms with Crippen molar-refractivity contribution < 1.29 is 27.9 Å². The molecule has 0 fully saturated rings. The fraction of sp³-hybridized carbons (Fsp3) is 0.407. The van der Waals surface area contributed by atoms with Gasteiger partial charge in [0, 0.05) is 24.4 Å². The van der Waals surface area contributed by atoms with Crippen molar-refractivity contribution in [1.82, 2.24) is 24.6 Å². The van der Waals surface area contributed by atoms with E-state index in [0.29, 0.717) is 23.8 Å². The molecule has 0 saturated heterocycles. The summed E-state index contributed by atoms with van der Waals surface area (Å²) in [4.78, 5) is 25.7. The van der Waals surface area contributed by atoms with E-state index >= 15 is 0 Å². The van der Waals surface area contributed by atoms with Gasteiger partial charge >= 0.3 is 13.7 Å². The molecule has 0 amide bonds. The lowest BCUT2D eigenvalue weighted by Gasteiger charge is -2.26. The molecule has 3 heterocycles. The van der Waals surface area contributed by atoms with Gasteiger partial charge in [0.15, 0.2) is 5.82 Å². The smallest absolute Gasteiger partial charge is 0.459 e. The molecule has 0 radical (unpaired) electrons. The van der Waals surface area contributed by atoms with E-state index in [9.17, 15) is 9.36 Å². The maximum Gasteiger partial charge on any atom is 0.459 e. The van der Waals surface area contributed by atoms with E-state index in [0.717, 1.165) is 16.4 Å². The number of nitrogens with one attached hydrogen (secondary N) is 1. The van der Waals surface area contributed by atoms with Crippen molar-refractivity contribution in [3.63, 3.8) is 0 Å². The van der Waals surface area contributed by atoms with Crippen molar-refractivity contribution in [2.24, 2.45) is 0 Å². The topological polar surface area (TPSA) is 153 Å². The first-order chi connectivity index (χ1) is 19.1. The third kappa shape index (κ3) is 6.95. The number of carbonyl (C=O) groups is 1. The Hall–Kier alpha value is -3.57. The Bertz CT molecular complexity index is 1510. The third-order valence-corrected chi connectivity index (χ3v) is 7.61. The maximum absolute atomic E-state index is 14.0. The van der Waals surface area contributed by atoms with Crippen LogP contribution in [0.15, 0.2) is 48.8 Å². The molecule has 13 heteroatoms. The third-order valence-electron chi connectivity index (χ3n) is 5.82. The van der Waals surface area contributed by atoms with E-state index in [-0.39, 0.29) is 25.0 Å². The van der Waals surface area contributed by atoms with Crippen LogP contribution in [0.25, 0.3) is 21.9 Å². The fourth-order valence-corrected chi connectivity index (χ4v) is 5.85. The Labute approximate surface area is 232 Å². The Morgan fingerprint density at radius 2 is 1.82 bits per heavy atom. The number of fused-ring (bicyclic) bond motifs is 3. The molecule has 3 aromatic heterocycles. The van der Waals surface area contributed by atoms with Gasteiger partial charge in [-0.2, -0.15) is 5.09 Å². The zero-order valence-electron chi connectivity index (χ0n) is 23.2. The normalized spacial score (nSPS) is 14.8. The van der Waals surface area contributed by atoms with Crippen LogP contribution in [-0.2, 0) is 36.5 Å². The first-order valence-electron chi connectivity index (χ1n) is 13.1. The predicted octanol–water partition coefficient (Wildman–Crippen LogP) is 4.62. The highest BCUT2D eigenvalue weighted by Crippen LogP contribution is 2.46. The van der Waals surface area contributed by atoms with Crippen LogP contribution in [0, 0.1) is 0 Å². The van der Waals surface area contributed by atoms with Gasteiger partial charge in [0.25, 0.3) is 0 Å². The number of nitrogen functional groups attached to an aromatic ring is 1. The zero-order valence-corrected chi connectivity index (χ0v) is 24.1. The van der Waals surface area contributed by atoms with Crippen molar-refractivity contribution in [3.8, 4) is 5.75 Å². The summed E-state index contributed by atoms with van der Waals surface area (Å²) in [5.41, 5.74) is 8.31. The molecule has 0 aliphatic rings. The quantitative estimate of drug-likeness (QED) is 0.171. The summed E-state index contributed by atoms with van der Waals surface area (Å²) in [6.45, 7) is 9.60. The van der Waals surface area contributed by atoms with Gasteiger partial charge in [-0.05, 0) is 52.8 Å². The van der Waals surface area contributed by atoms with Gasteiger partial charge in [0.2, 0.25) is 0 Å². The number of rotatable bonds is 13. The standard InChI is InChI=1S/C27H35N6O6P/c1-6-36-16-23-31-24-25(21-9-7-8-10-22(21)30-26(24)28)33(23)15-18(4)38-40(35,39-20-11-13-29-14-12-20)32-19(5)27(34)37-17(2)3/h7-14,17-19H,6,15-16H2,1-5H3,(H2,28,30)(H,32,35)/t18-,19+,40-/m1/s1. The minimum absolute atomic E-state index is 0.225. The highest BCUT2D eigenvalue weighted by atomic mass is 31.2. The number of hydrogen-bond acceptors (Lipinski definition) is 10. The molecular weight excluding hydrogens is 535 g/mol. The number of benzene rings is 1. The molecule has 4 rings (SSSR count). The Kier molecular flexibility index (Phi) is 9.36. The van der Waals surface area contributed by atoms with E-state index in [1.54, 1.807) is 32.9 Å². The second-order valence-electron chi connectivity index (χ2n) is 9.51. The summed E-state index contributed by atoms with van der Waals surface area (Å²) in [6.07, 6.45) is 1.98. The van der Waals surface area contributed by atoms with E-state index in [2.05, 4.69) is 15.1 Å². The number of anilines is 1. The fourth-order valence-electron chi connectivity index (χ4n) is 4.17. The number of carbonyl (C=O) groups excluding carboxylic acids is 1. The monoisotopic (exact) mass is 570 g/mol. The number of esters is 1. The number of aromatic nitrogens is 4. The molecule has 1 aromatic carbocycles. The first kappa shape index (κ1) is 29.4. The van der Waals surface area contributed by atoms with E-state index in [4.69, 9.17) is 29.2 Å². The molecule has 3 N–H and O–H groups in total. The molecule has 12 nitrogen and oxygen atoms in total. The summed E-state index contributed by atoms with van der Waals surface area (Å²) >= 11 is 0. The zero-order chi connectivity index (χ0) is 28.9. The highest BCUT2D eigenvalue weighted by Gasteiger charge is 2.35. The molecule has 4 aromatic rings. The number of ether oxygens (including phenoxy) is 2. The molecule has 0 spiro atoms. The molecule has 3 atom stereocenters. The van der Waals surface area contributed by atoms with Crippen molar-refractivity contribution in [2.45, 2.75) is 66.0 Å². The second kappa shape index (κ2) is 12.7. The van der Waals surface area contributed by atoms with Crippen LogP contribution in [0.3, 0.4) is 0 Å². The summed E-state index contributed by atoms with van der Waals surface area (Å²) in [7, 11) is -4.10. The van der Waals surface area contributed by atoms with Crippen LogP contribution >= 0.6 is 7.75 Å². The van der Waals surface area contributed by atoms with Gasteiger partial charge in [0.05, 0.1) is 29.8 Å². The van der Waals surface area contributed by atoms with Gasteiger partial charge in [-0.3, -0.25) is 14.3 Å². The number of nitrogens with two attached hydrogens (primary N) is 1. The van der Waals surface area contributed by atoms with Crippen LogP contribution in [-0.4, -0.2) is 50.3 Å². The highest BCUT2D eigenvalue weighted by molar-refractivity contribution is 7.52. The van der Waals surface area contributed by atoms with Gasteiger partial charge in [-0.1, -0.05) is 18.2 Å². The number of pyridine rings is 2. The van der Waals surface area contributed by atoms with Crippen LogP contribution in [0.4, 0.5) is 5.82 Å². The molecule has 214 valence electrons. The number of hydrogen-bond donors (Lipinski definition) is 2. The summed E-state index contributed by atoms with van der Waals surface area (Å²) in [6, 6.07) is 9.74. The molecule has 40 heavy (non-hydrogen) atoms. The van der Waals surface area contributed by atoms with Crippen molar-refractivity contribution in [3.05, 3.63) is 54.6 Å². The minimum Gasteiger partial charge on any atom is -0.462 e. The Morgan fingerprint density at radius 3 is 2.52 bits per heavy atom. The van der Waals surface area contributed by atoms with E-state index in [1.807, 2.05) is 35.8 Å². The lowest BCUT2D eigenvalue weighted by molar-refractivity contribution is -0.149. The van der Waals surface area contributed by atoms with Crippen molar-refractivity contribution >= 4 is 41.5 Å². The maximum atomic E-state index is 14.0. The molecule has 0 saturated carbocycles. The van der Waals surface area contributed by atoms with Crippen LogP contribution in [0.2, 0.25) is 0 Å². The summed E-state index contributed by atoms with van der Waals surface area (Å²) in [5.74, 6) is 0.588. The number of nitrogens with zero attached hydrogens (tertiary/aromatic N) is 4. The number of para-hydroxylation sites is 1. The van der Waals surface area contributed by atoms with Crippen LogP contribution < -0.4 is 15.3 Å². The minimum atomic E-state index is -4.10. The molecule has 0 bridgehead atoms. The lowest BCUT2D eigenvalue weighted by atomic mass is 10.2. The predicted molar refractivity (Wildman–Crippen MR) is 152 cm³/mol. The average Bonchev–Trinajstić information content (AvgIpc) is 3.26. The summed E-state index contributed by atoms with van der Waals surface area (Å²) < 4.78 is 38.8. The van der Waals surface area contributed by atoms with Crippen molar-refractivity contribution in [1.29, 1.82) is 0 Å². The number of imidazole rings is 1. The largest absolute Gasteiger partial charge is 0.462 e. The van der Waals surface area contributed by atoms with Gasteiger partial charge in [-0.15, -0.1) is 0 Å². The lowest BCUT2D eigenvalue weighted by Crippen LogP contribution is -2.37. The van der Waals surface area contributed by atoms with Crippen LogP contribution in [0.1, 0.15) is 40.4 Å².